The molecule has 0 bridgehead atoms. The Bertz CT molecular complexity index is 687. The summed E-state index contributed by atoms with van der Waals surface area (Å²) in [5.74, 6) is -2.90. The molecule has 2 atom stereocenters. The summed E-state index contributed by atoms with van der Waals surface area (Å²) in [6, 6.07) is 5.59. The van der Waals surface area contributed by atoms with Crippen molar-refractivity contribution in [1.82, 2.24) is 10.6 Å². The Balaban J connectivity index is 2.80. The monoisotopic (exact) mass is 363 g/mol. The first kappa shape index (κ1) is 21.1. The number of carbonyl (C=O) groups excluding carboxylic acids is 2. The number of carboxylic acids is 1. The zero-order valence-corrected chi connectivity index (χ0v) is 14.5. The van der Waals surface area contributed by atoms with E-state index in [1.807, 2.05) is 6.07 Å². The minimum absolute atomic E-state index is 0.0984. The van der Waals surface area contributed by atoms with E-state index in [0.29, 0.717) is 19.3 Å². The number of nitrogens with one attached hydrogen (secondary N) is 2. The molecule has 0 unspecified atom stereocenters. The van der Waals surface area contributed by atoms with Gasteiger partial charge < -0.3 is 15.7 Å². The van der Waals surface area contributed by atoms with E-state index >= 15 is 0 Å². The molecule has 0 aliphatic carbocycles. The van der Waals surface area contributed by atoms with Gasteiger partial charge in [-0.2, -0.15) is 5.26 Å². The van der Waals surface area contributed by atoms with Gasteiger partial charge in [-0.25, -0.2) is 9.18 Å². The average molecular weight is 363 g/mol. The zero-order chi connectivity index (χ0) is 19.5. The first-order valence-electron chi connectivity index (χ1n) is 8.25. The molecule has 8 heteroatoms. The van der Waals surface area contributed by atoms with Crippen molar-refractivity contribution in [2.45, 2.75) is 51.1 Å². The summed E-state index contributed by atoms with van der Waals surface area (Å²) in [6.07, 6.45) is 1.36. The van der Waals surface area contributed by atoms with Crippen LogP contribution in [0.15, 0.2) is 24.3 Å². The minimum atomic E-state index is -1.21. The number of unbranched alkanes of at least 4 members (excludes halogenated alkanes) is 2. The van der Waals surface area contributed by atoms with E-state index in [9.17, 15) is 23.9 Å². The number of hydrogen-bond acceptors (Lipinski definition) is 4. The number of nitrogens with zero attached hydrogens (tertiary/aromatic N) is 1. The number of halogens is 1. The van der Waals surface area contributed by atoms with Gasteiger partial charge in [0.2, 0.25) is 11.8 Å². The largest absolute Gasteiger partial charge is 0.480 e. The van der Waals surface area contributed by atoms with Crippen LogP contribution in [0.2, 0.25) is 0 Å². The molecule has 0 spiro atoms. The second kappa shape index (κ2) is 10.8. The van der Waals surface area contributed by atoms with Crippen molar-refractivity contribution in [3.05, 3.63) is 35.6 Å². The highest BCUT2D eigenvalue weighted by molar-refractivity contribution is 5.90. The lowest BCUT2D eigenvalue weighted by molar-refractivity contribution is -0.142. The van der Waals surface area contributed by atoms with Gasteiger partial charge in [-0.15, -0.1) is 0 Å². The molecule has 2 amide bonds. The fourth-order valence-corrected chi connectivity index (χ4v) is 2.42. The molecule has 3 N–H and O–H groups in total. The highest BCUT2D eigenvalue weighted by Crippen LogP contribution is 2.10. The van der Waals surface area contributed by atoms with Gasteiger partial charge in [0.05, 0.1) is 6.07 Å². The molecular formula is C18H22FN3O4. The number of benzene rings is 1. The minimum Gasteiger partial charge on any atom is -0.480 e. The molecule has 1 rings (SSSR count). The van der Waals surface area contributed by atoms with Crippen LogP contribution in [0, 0.1) is 17.1 Å². The van der Waals surface area contributed by atoms with E-state index in [1.54, 1.807) is 6.07 Å². The molecule has 1 aromatic rings. The number of nitriles is 1. The molecule has 1 aromatic carbocycles. The van der Waals surface area contributed by atoms with Gasteiger partial charge in [0.15, 0.2) is 0 Å². The van der Waals surface area contributed by atoms with Gasteiger partial charge in [-0.05, 0) is 30.9 Å². The summed E-state index contributed by atoms with van der Waals surface area (Å²) < 4.78 is 13.8. The summed E-state index contributed by atoms with van der Waals surface area (Å²) >= 11 is 0. The van der Waals surface area contributed by atoms with E-state index in [1.165, 1.54) is 25.1 Å². The lowest BCUT2D eigenvalue weighted by atomic mass is 10.0. The Morgan fingerprint density at radius 2 is 1.88 bits per heavy atom. The van der Waals surface area contributed by atoms with Crippen LogP contribution in [0.3, 0.4) is 0 Å². The lowest BCUT2D eigenvalue weighted by Gasteiger charge is -2.21. The third-order valence-electron chi connectivity index (χ3n) is 3.72. The van der Waals surface area contributed by atoms with Crippen LogP contribution in [-0.2, 0) is 20.8 Å². The molecule has 0 heterocycles. The third-order valence-corrected chi connectivity index (χ3v) is 3.72. The van der Waals surface area contributed by atoms with Crippen LogP contribution < -0.4 is 10.6 Å². The van der Waals surface area contributed by atoms with Crippen LogP contribution in [-0.4, -0.2) is 35.0 Å². The van der Waals surface area contributed by atoms with Gasteiger partial charge in [0.1, 0.15) is 17.9 Å². The van der Waals surface area contributed by atoms with E-state index in [2.05, 4.69) is 10.6 Å². The summed E-state index contributed by atoms with van der Waals surface area (Å²) in [5.41, 5.74) is 0.238. The Hall–Kier alpha value is -2.95. The van der Waals surface area contributed by atoms with Crippen LogP contribution in [0.25, 0.3) is 0 Å². The first-order valence-corrected chi connectivity index (χ1v) is 8.25. The lowest BCUT2D eigenvalue weighted by Crippen LogP contribution is -2.52. The molecule has 0 radical (unpaired) electrons. The molecule has 0 saturated carbocycles. The van der Waals surface area contributed by atoms with Crippen molar-refractivity contribution < 1.29 is 23.9 Å². The molecule has 140 valence electrons. The predicted molar refractivity (Wildman–Crippen MR) is 91.4 cm³/mol. The summed E-state index contributed by atoms with van der Waals surface area (Å²) in [7, 11) is 0. The van der Waals surface area contributed by atoms with Crippen molar-refractivity contribution in [2.24, 2.45) is 0 Å². The third kappa shape index (κ3) is 7.30. The first-order chi connectivity index (χ1) is 12.3. The number of carbonyl (C=O) groups is 3. The van der Waals surface area contributed by atoms with Gasteiger partial charge in [0.25, 0.3) is 0 Å². The molecular weight excluding hydrogens is 341 g/mol. The molecule has 0 aliphatic rings. The maximum atomic E-state index is 13.8. The standard InChI is InChI=1S/C18H22FN3O4/c1-12(23)21-16(11-13-7-4-5-8-14(13)19)17(24)22-15(18(25)26)9-3-2-6-10-20/h4-5,7-8,15-16H,2-3,6,9,11H2,1H3,(H,21,23)(H,22,24)(H,25,26)/t15-,16-/m0/s1. The zero-order valence-electron chi connectivity index (χ0n) is 14.5. The topological polar surface area (TPSA) is 119 Å². The molecule has 0 aromatic heterocycles. The van der Waals surface area contributed by atoms with E-state index in [0.717, 1.165) is 0 Å². The smallest absolute Gasteiger partial charge is 0.326 e. The Morgan fingerprint density at radius 1 is 1.19 bits per heavy atom. The molecule has 0 fully saturated rings. The van der Waals surface area contributed by atoms with Crippen molar-refractivity contribution in [3.8, 4) is 6.07 Å². The SMILES string of the molecule is CC(=O)N[C@@H](Cc1ccccc1F)C(=O)N[C@@H](CCCCC#N)C(=O)O. The van der Waals surface area contributed by atoms with Crippen molar-refractivity contribution in [2.75, 3.05) is 0 Å². The van der Waals surface area contributed by atoms with Gasteiger partial charge in [-0.1, -0.05) is 18.2 Å². The number of rotatable bonds is 10. The second-order valence-corrected chi connectivity index (χ2v) is 5.85. The van der Waals surface area contributed by atoms with Crippen LogP contribution >= 0.6 is 0 Å². The maximum absolute atomic E-state index is 13.8. The highest BCUT2D eigenvalue weighted by Gasteiger charge is 2.26. The van der Waals surface area contributed by atoms with E-state index in [4.69, 9.17) is 5.26 Å². The van der Waals surface area contributed by atoms with E-state index < -0.39 is 35.7 Å². The number of hydrogen-bond donors (Lipinski definition) is 3. The second-order valence-electron chi connectivity index (χ2n) is 5.85. The fourth-order valence-electron chi connectivity index (χ4n) is 2.42. The predicted octanol–water partition coefficient (Wildman–Crippen LogP) is 1.53. The van der Waals surface area contributed by atoms with Gasteiger partial charge >= 0.3 is 5.97 Å². The van der Waals surface area contributed by atoms with Crippen LogP contribution in [0.1, 0.15) is 38.2 Å². The Labute approximate surface area is 151 Å². The fraction of sp³-hybridized carbons (Fsp3) is 0.444. The number of aliphatic carboxylic acids is 1. The average Bonchev–Trinajstić information content (AvgIpc) is 2.58. The summed E-state index contributed by atoms with van der Waals surface area (Å²) in [6.45, 7) is 1.22. The molecule has 7 nitrogen and oxygen atoms in total. The molecule has 0 aliphatic heterocycles. The normalized spacial score (nSPS) is 12.5. The Morgan fingerprint density at radius 3 is 2.46 bits per heavy atom. The Kier molecular flexibility index (Phi) is 8.78. The quantitative estimate of drug-likeness (QED) is 0.545. The van der Waals surface area contributed by atoms with Crippen LogP contribution in [0.5, 0.6) is 0 Å². The summed E-state index contributed by atoms with van der Waals surface area (Å²) in [4.78, 5) is 35.1. The maximum Gasteiger partial charge on any atom is 0.326 e. The summed E-state index contributed by atoms with van der Waals surface area (Å²) in [5, 5.41) is 22.5. The van der Waals surface area contributed by atoms with Crippen molar-refractivity contribution in [3.63, 3.8) is 0 Å². The number of amides is 2. The number of carboxylic acid groups (broad SMARTS) is 1. The van der Waals surface area contributed by atoms with Crippen LogP contribution in [0.4, 0.5) is 4.39 Å². The highest BCUT2D eigenvalue weighted by atomic mass is 19.1. The van der Waals surface area contributed by atoms with Crippen molar-refractivity contribution >= 4 is 17.8 Å². The van der Waals surface area contributed by atoms with E-state index in [-0.39, 0.29) is 18.4 Å². The van der Waals surface area contributed by atoms with Gasteiger partial charge in [0, 0.05) is 19.8 Å². The van der Waals surface area contributed by atoms with Crippen molar-refractivity contribution in [1.29, 1.82) is 5.26 Å². The van der Waals surface area contributed by atoms with Gasteiger partial charge in [-0.3, -0.25) is 9.59 Å². The molecule has 0 saturated heterocycles. The molecule has 26 heavy (non-hydrogen) atoms.